The molecule has 0 aliphatic heterocycles. The van der Waals surface area contributed by atoms with E-state index in [1.807, 2.05) is 0 Å². The van der Waals surface area contributed by atoms with Gasteiger partial charge in [-0.25, -0.2) is 0 Å². The Morgan fingerprint density at radius 2 is 0.963 bits per heavy atom. The fraction of sp³-hybridized carbons (Fsp3) is 0.111. The Morgan fingerprint density at radius 1 is 0.519 bits per heavy atom. The van der Waals surface area contributed by atoms with Crippen LogP contribution < -0.4 is 0 Å². The summed E-state index contributed by atoms with van der Waals surface area (Å²) in [6, 6.07) is 26.8. The predicted octanol–water partition coefficient (Wildman–Crippen LogP) is 7.30. The van der Waals surface area contributed by atoms with Crippen molar-refractivity contribution in [3.8, 4) is 0 Å². The lowest BCUT2D eigenvalue weighted by Gasteiger charge is -2.27. The molecule has 27 heavy (non-hydrogen) atoms. The zero-order valence-corrected chi connectivity index (χ0v) is 15.1. The van der Waals surface area contributed by atoms with Gasteiger partial charge in [-0.05, 0) is 50.2 Å². The molecule has 0 aromatic heterocycles. The molecule has 2 aliphatic rings. The molecule has 128 valence electrons. The van der Waals surface area contributed by atoms with Crippen molar-refractivity contribution in [1.82, 2.24) is 0 Å². The minimum atomic E-state index is 0.457. The highest BCUT2D eigenvalue weighted by molar-refractivity contribution is 5.97. The number of benzene rings is 4. The first-order valence-corrected chi connectivity index (χ1v) is 9.78. The van der Waals surface area contributed by atoms with E-state index in [1.54, 1.807) is 0 Å². The Kier molecular flexibility index (Phi) is 3.16. The molecule has 4 aromatic carbocycles. The van der Waals surface area contributed by atoms with Gasteiger partial charge in [-0.1, -0.05) is 97.1 Å². The highest BCUT2D eigenvalue weighted by atomic mass is 14.3. The average molecular weight is 344 g/mol. The van der Waals surface area contributed by atoms with Crippen LogP contribution in [0.3, 0.4) is 0 Å². The van der Waals surface area contributed by atoms with E-state index >= 15 is 0 Å². The first-order valence-electron chi connectivity index (χ1n) is 9.78. The Labute approximate surface area is 159 Å². The van der Waals surface area contributed by atoms with Crippen LogP contribution in [0.5, 0.6) is 0 Å². The second-order valence-electron chi connectivity index (χ2n) is 7.75. The van der Waals surface area contributed by atoms with E-state index in [0.29, 0.717) is 11.8 Å². The van der Waals surface area contributed by atoms with Crippen LogP contribution in [0.4, 0.5) is 0 Å². The molecule has 0 spiro atoms. The predicted molar refractivity (Wildman–Crippen MR) is 116 cm³/mol. The molecule has 0 heteroatoms. The molecule has 0 N–H and O–H groups in total. The van der Waals surface area contributed by atoms with Crippen LogP contribution in [0.15, 0.2) is 84.9 Å². The first kappa shape index (κ1) is 15.0. The number of allylic oxidation sites excluding steroid dienone is 2. The first-order chi connectivity index (χ1) is 13.4. The van der Waals surface area contributed by atoms with Gasteiger partial charge in [0.15, 0.2) is 0 Å². The molecule has 0 saturated carbocycles. The van der Waals surface area contributed by atoms with Gasteiger partial charge in [-0.3, -0.25) is 0 Å². The average Bonchev–Trinajstić information content (AvgIpc) is 2.72. The maximum Gasteiger partial charge on any atom is 0.00364 e. The van der Waals surface area contributed by atoms with Crippen molar-refractivity contribution in [3.05, 3.63) is 107 Å². The standard InChI is InChI=1S/C27H20/c1-5-18-9-3-11-24-22(15-13-20(7-1)26(18)24)17-23-16-14-21-8-2-6-19-10-4-12-25(23)27(19)21/h1-16,22-23H,17H2. The van der Waals surface area contributed by atoms with Crippen LogP contribution in [-0.2, 0) is 0 Å². The summed E-state index contributed by atoms with van der Waals surface area (Å²) in [5, 5.41) is 5.58. The third-order valence-corrected chi connectivity index (χ3v) is 6.26. The van der Waals surface area contributed by atoms with Crippen molar-refractivity contribution in [2.75, 3.05) is 0 Å². The summed E-state index contributed by atoms with van der Waals surface area (Å²) in [5.41, 5.74) is 5.66. The van der Waals surface area contributed by atoms with Crippen molar-refractivity contribution in [2.24, 2.45) is 0 Å². The summed E-state index contributed by atoms with van der Waals surface area (Å²) in [5.74, 6) is 0.914. The third kappa shape index (κ3) is 2.23. The van der Waals surface area contributed by atoms with Crippen LogP contribution in [0.25, 0.3) is 33.7 Å². The van der Waals surface area contributed by atoms with Crippen LogP contribution in [0.2, 0.25) is 0 Å². The number of hydrogen-bond donors (Lipinski definition) is 0. The van der Waals surface area contributed by atoms with E-state index in [9.17, 15) is 0 Å². The van der Waals surface area contributed by atoms with E-state index in [-0.39, 0.29) is 0 Å². The van der Waals surface area contributed by atoms with E-state index in [0.717, 1.165) is 6.42 Å². The van der Waals surface area contributed by atoms with E-state index in [4.69, 9.17) is 0 Å². The molecule has 0 nitrogen and oxygen atoms in total. The molecule has 2 atom stereocenters. The van der Waals surface area contributed by atoms with Crippen molar-refractivity contribution >= 4 is 33.7 Å². The van der Waals surface area contributed by atoms with Crippen molar-refractivity contribution < 1.29 is 0 Å². The Morgan fingerprint density at radius 3 is 1.44 bits per heavy atom. The molecule has 0 radical (unpaired) electrons. The second kappa shape index (κ2) is 5.69. The van der Waals surface area contributed by atoms with Gasteiger partial charge >= 0.3 is 0 Å². The quantitative estimate of drug-likeness (QED) is 0.358. The lowest BCUT2D eigenvalue weighted by atomic mass is 9.77. The molecule has 6 rings (SSSR count). The monoisotopic (exact) mass is 344 g/mol. The van der Waals surface area contributed by atoms with Crippen LogP contribution >= 0.6 is 0 Å². The third-order valence-electron chi connectivity index (χ3n) is 6.26. The van der Waals surface area contributed by atoms with Gasteiger partial charge in [-0.15, -0.1) is 0 Å². The van der Waals surface area contributed by atoms with Crippen LogP contribution in [0, 0.1) is 0 Å². The summed E-state index contributed by atoms with van der Waals surface area (Å²) < 4.78 is 0. The fourth-order valence-corrected chi connectivity index (χ4v) is 5.03. The summed E-state index contributed by atoms with van der Waals surface area (Å²) in [4.78, 5) is 0. The molecule has 0 bridgehead atoms. The second-order valence-corrected chi connectivity index (χ2v) is 7.75. The highest BCUT2D eigenvalue weighted by Gasteiger charge is 2.24. The molecule has 0 saturated heterocycles. The molecule has 0 amide bonds. The zero-order valence-electron chi connectivity index (χ0n) is 15.1. The smallest absolute Gasteiger partial charge is 0.00364 e. The van der Waals surface area contributed by atoms with Crippen LogP contribution in [0.1, 0.15) is 40.5 Å². The van der Waals surface area contributed by atoms with E-state index < -0.39 is 0 Å². The maximum atomic E-state index is 2.41. The maximum absolute atomic E-state index is 2.41. The minimum absolute atomic E-state index is 0.457. The fourth-order valence-electron chi connectivity index (χ4n) is 5.03. The van der Waals surface area contributed by atoms with Gasteiger partial charge in [0.1, 0.15) is 0 Å². The SMILES string of the molecule is C1=CC(CC2C=Cc3cccc4cccc2c34)c2cccc3cccc1c23. The highest BCUT2D eigenvalue weighted by Crippen LogP contribution is 2.43. The van der Waals surface area contributed by atoms with Gasteiger partial charge in [0.25, 0.3) is 0 Å². The van der Waals surface area contributed by atoms with Gasteiger partial charge < -0.3 is 0 Å². The van der Waals surface area contributed by atoms with Gasteiger partial charge in [-0.2, -0.15) is 0 Å². The minimum Gasteiger partial charge on any atom is -0.0763 e. The number of rotatable bonds is 2. The van der Waals surface area contributed by atoms with Crippen LogP contribution in [-0.4, -0.2) is 0 Å². The van der Waals surface area contributed by atoms with E-state index in [2.05, 4.69) is 97.1 Å². The molecule has 0 fully saturated rings. The molecule has 0 heterocycles. The van der Waals surface area contributed by atoms with Gasteiger partial charge in [0, 0.05) is 11.8 Å². The Hall–Kier alpha value is -3.12. The summed E-state index contributed by atoms with van der Waals surface area (Å²) >= 11 is 0. The molecule has 4 aromatic rings. The largest absolute Gasteiger partial charge is 0.0763 e. The van der Waals surface area contributed by atoms with Gasteiger partial charge in [0.2, 0.25) is 0 Å². The lowest BCUT2D eigenvalue weighted by molar-refractivity contribution is 0.680. The van der Waals surface area contributed by atoms with E-state index in [1.165, 1.54) is 43.8 Å². The topological polar surface area (TPSA) is 0 Å². The van der Waals surface area contributed by atoms with Crippen molar-refractivity contribution in [1.29, 1.82) is 0 Å². The molecular weight excluding hydrogens is 324 g/mol. The number of hydrogen-bond acceptors (Lipinski definition) is 0. The molecule has 2 aliphatic carbocycles. The summed E-state index contributed by atoms with van der Waals surface area (Å²) in [7, 11) is 0. The van der Waals surface area contributed by atoms with Crippen molar-refractivity contribution in [3.63, 3.8) is 0 Å². The molecule has 2 unspecified atom stereocenters. The molecular formula is C27H20. The summed E-state index contributed by atoms with van der Waals surface area (Å²) in [6.07, 6.45) is 10.6. The van der Waals surface area contributed by atoms with Gasteiger partial charge in [0.05, 0.1) is 0 Å². The zero-order chi connectivity index (χ0) is 17.8. The Balaban J connectivity index is 1.45. The normalized spacial score (nSPS) is 19.7. The van der Waals surface area contributed by atoms with Crippen molar-refractivity contribution in [2.45, 2.75) is 18.3 Å². The Bertz CT molecular complexity index is 1150. The lowest BCUT2D eigenvalue weighted by Crippen LogP contribution is -2.09. The summed E-state index contributed by atoms with van der Waals surface area (Å²) in [6.45, 7) is 0.